The van der Waals surface area contributed by atoms with Crippen LogP contribution in [0.15, 0.2) is 30.6 Å². The quantitative estimate of drug-likeness (QED) is 0.938. The SMILES string of the molecule is O=C(O)c1cc(N2CCCC2Cc2cccc(F)c2F)ncn1. The van der Waals surface area contributed by atoms with Crippen LogP contribution in [-0.4, -0.2) is 33.6 Å². The average molecular weight is 319 g/mol. The van der Waals surface area contributed by atoms with Crippen LogP contribution in [0.1, 0.15) is 28.9 Å². The first-order chi connectivity index (χ1) is 11.1. The van der Waals surface area contributed by atoms with Gasteiger partial charge in [0.05, 0.1) is 0 Å². The molecule has 23 heavy (non-hydrogen) atoms. The van der Waals surface area contributed by atoms with Gasteiger partial charge in [-0.1, -0.05) is 12.1 Å². The van der Waals surface area contributed by atoms with E-state index in [1.165, 1.54) is 18.5 Å². The molecule has 1 atom stereocenters. The van der Waals surface area contributed by atoms with Crippen LogP contribution >= 0.6 is 0 Å². The van der Waals surface area contributed by atoms with Gasteiger partial charge in [-0.25, -0.2) is 23.5 Å². The molecule has 1 N–H and O–H groups in total. The Kier molecular flexibility index (Phi) is 4.18. The molecule has 1 aliphatic rings. The van der Waals surface area contributed by atoms with E-state index in [4.69, 9.17) is 5.11 Å². The number of benzene rings is 1. The molecule has 0 aliphatic carbocycles. The maximum atomic E-state index is 13.9. The number of halogens is 2. The molecule has 120 valence electrons. The van der Waals surface area contributed by atoms with Crippen LogP contribution in [0.25, 0.3) is 0 Å². The van der Waals surface area contributed by atoms with Crippen LogP contribution in [0.4, 0.5) is 14.6 Å². The lowest BCUT2D eigenvalue weighted by Gasteiger charge is -2.26. The van der Waals surface area contributed by atoms with Crippen molar-refractivity contribution in [1.29, 1.82) is 0 Å². The molecule has 3 rings (SSSR count). The number of rotatable bonds is 4. The first-order valence-corrected chi connectivity index (χ1v) is 7.31. The van der Waals surface area contributed by atoms with Crippen LogP contribution < -0.4 is 4.90 Å². The zero-order valence-electron chi connectivity index (χ0n) is 12.2. The van der Waals surface area contributed by atoms with E-state index < -0.39 is 17.6 Å². The summed E-state index contributed by atoms with van der Waals surface area (Å²) in [5.74, 6) is -2.31. The highest BCUT2D eigenvalue weighted by molar-refractivity contribution is 5.86. The molecule has 1 fully saturated rings. The van der Waals surface area contributed by atoms with Crippen molar-refractivity contribution in [3.05, 3.63) is 53.5 Å². The monoisotopic (exact) mass is 319 g/mol. The predicted molar refractivity (Wildman–Crippen MR) is 79.4 cm³/mol. The molecule has 1 aromatic carbocycles. The van der Waals surface area contributed by atoms with E-state index in [1.54, 1.807) is 6.07 Å². The van der Waals surface area contributed by atoms with Gasteiger partial charge in [-0.2, -0.15) is 0 Å². The fraction of sp³-hybridized carbons (Fsp3) is 0.312. The van der Waals surface area contributed by atoms with E-state index >= 15 is 0 Å². The highest BCUT2D eigenvalue weighted by Crippen LogP contribution is 2.27. The smallest absolute Gasteiger partial charge is 0.354 e. The van der Waals surface area contributed by atoms with Crippen molar-refractivity contribution in [2.24, 2.45) is 0 Å². The average Bonchev–Trinajstić information content (AvgIpc) is 3.00. The van der Waals surface area contributed by atoms with Gasteiger partial charge in [-0.05, 0) is 30.9 Å². The van der Waals surface area contributed by atoms with Crippen molar-refractivity contribution in [3.8, 4) is 0 Å². The summed E-state index contributed by atoms with van der Waals surface area (Å²) < 4.78 is 27.2. The molecule has 0 radical (unpaired) electrons. The molecule has 2 heterocycles. The number of carboxylic acid groups (broad SMARTS) is 1. The number of hydrogen-bond acceptors (Lipinski definition) is 4. The third-order valence-corrected chi connectivity index (χ3v) is 4.03. The van der Waals surface area contributed by atoms with E-state index in [1.807, 2.05) is 4.90 Å². The van der Waals surface area contributed by atoms with Crippen LogP contribution in [-0.2, 0) is 6.42 Å². The number of nitrogens with zero attached hydrogens (tertiary/aromatic N) is 3. The standard InChI is InChI=1S/C16H15F2N3O2/c17-12-5-1-3-10(15(12)18)7-11-4-2-6-21(11)14-8-13(16(22)23)19-9-20-14/h1,3,5,8-9,11H,2,4,6-7H2,(H,22,23). The summed E-state index contributed by atoms with van der Waals surface area (Å²) in [4.78, 5) is 20.8. The Morgan fingerprint density at radius 1 is 1.35 bits per heavy atom. The van der Waals surface area contributed by atoms with E-state index in [-0.39, 0.29) is 11.7 Å². The molecule has 1 unspecified atom stereocenters. The predicted octanol–water partition coefficient (Wildman–Crippen LogP) is 2.66. The number of aromatic nitrogens is 2. The Balaban J connectivity index is 1.84. The summed E-state index contributed by atoms with van der Waals surface area (Å²) >= 11 is 0. The van der Waals surface area contributed by atoms with Gasteiger partial charge in [-0.15, -0.1) is 0 Å². The minimum Gasteiger partial charge on any atom is -0.477 e. The maximum Gasteiger partial charge on any atom is 0.354 e. The van der Waals surface area contributed by atoms with Crippen molar-refractivity contribution >= 4 is 11.8 Å². The lowest BCUT2D eigenvalue weighted by Crippen LogP contribution is -2.32. The van der Waals surface area contributed by atoms with Crippen LogP contribution in [0.3, 0.4) is 0 Å². The van der Waals surface area contributed by atoms with Gasteiger partial charge < -0.3 is 10.0 Å². The molecule has 1 aliphatic heterocycles. The lowest BCUT2D eigenvalue weighted by molar-refractivity contribution is 0.0690. The van der Waals surface area contributed by atoms with Gasteiger partial charge in [0.2, 0.25) is 0 Å². The molecule has 0 saturated carbocycles. The van der Waals surface area contributed by atoms with Crippen molar-refractivity contribution < 1.29 is 18.7 Å². The highest BCUT2D eigenvalue weighted by Gasteiger charge is 2.27. The van der Waals surface area contributed by atoms with E-state index in [2.05, 4.69) is 9.97 Å². The van der Waals surface area contributed by atoms with Crippen molar-refractivity contribution in [2.45, 2.75) is 25.3 Å². The zero-order valence-corrected chi connectivity index (χ0v) is 12.2. The van der Waals surface area contributed by atoms with E-state index in [9.17, 15) is 13.6 Å². The van der Waals surface area contributed by atoms with Crippen LogP contribution in [0.2, 0.25) is 0 Å². The molecule has 0 amide bonds. The van der Waals surface area contributed by atoms with Gasteiger partial charge in [0.1, 0.15) is 12.1 Å². The van der Waals surface area contributed by atoms with E-state index in [0.717, 1.165) is 18.9 Å². The van der Waals surface area contributed by atoms with Crippen molar-refractivity contribution in [3.63, 3.8) is 0 Å². The normalized spacial score (nSPS) is 17.5. The Hall–Kier alpha value is -2.57. The summed E-state index contributed by atoms with van der Waals surface area (Å²) in [7, 11) is 0. The summed E-state index contributed by atoms with van der Waals surface area (Å²) in [5.41, 5.74) is 0.229. The van der Waals surface area contributed by atoms with Crippen molar-refractivity contribution in [1.82, 2.24) is 9.97 Å². The summed E-state index contributed by atoms with van der Waals surface area (Å²) in [6, 6.07) is 5.50. The third kappa shape index (κ3) is 3.13. The summed E-state index contributed by atoms with van der Waals surface area (Å²) in [5, 5.41) is 9.02. The molecular formula is C16H15F2N3O2. The van der Waals surface area contributed by atoms with Gasteiger partial charge in [0.15, 0.2) is 17.3 Å². The summed E-state index contributed by atoms with van der Waals surface area (Å²) in [6.45, 7) is 0.692. The molecular weight excluding hydrogens is 304 g/mol. The third-order valence-electron chi connectivity index (χ3n) is 4.03. The Morgan fingerprint density at radius 3 is 2.96 bits per heavy atom. The topological polar surface area (TPSA) is 66.3 Å². The van der Waals surface area contributed by atoms with Gasteiger partial charge >= 0.3 is 5.97 Å². The van der Waals surface area contributed by atoms with Crippen LogP contribution in [0, 0.1) is 11.6 Å². The van der Waals surface area contributed by atoms with E-state index in [0.29, 0.717) is 24.3 Å². The molecule has 1 aromatic heterocycles. The second-order valence-electron chi connectivity index (χ2n) is 5.47. The number of carbonyl (C=O) groups is 1. The first kappa shape index (κ1) is 15.3. The number of carboxylic acids is 1. The zero-order chi connectivity index (χ0) is 16.4. The Labute approximate surface area is 131 Å². The number of aromatic carboxylic acids is 1. The Bertz CT molecular complexity index is 739. The highest BCUT2D eigenvalue weighted by atomic mass is 19.2. The van der Waals surface area contributed by atoms with Crippen LogP contribution in [0.5, 0.6) is 0 Å². The second kappa shape index (κ2) is 6.28. The molecule has 0 bridgehead atoms. The van der Waals surface area contributed by atoms with Crippen molar-refractivity contribution in [2.75, 3.05) is 11.4 Å². The van der Waals surface area contributed by atoms with Gasteiger partial charge in [0.25, 0.3) is 0 Å². The molecule has 0 spiro atoms. The molecule has 2 aromatic rings. The molecule has 1 saturated heterocycles. The number of anilines is 1. The Morgan fingerprint density at radius 2 is 2.17 bits per heavy atom. The fourth-order valence-electron chi connectivity index (χ4n) is 2.93. The van der Waals surface area contributed by atoms with Gasteiger partial charge in [-0.3, -0.25) is 0 Å². The minimum atomic E-state index is -1.12. The number of hydrogen-bond donors (Lipinski definition) is 1. The lowest BCUT2D eigenvalue weighted by atomic mass is 10.0. The molecule has 5 nitrogen and oxygen atoms in total. The largest absolute Gasteiger partial charge is 0.477 e. The molecule has 7 heteroatoms. The first-order valence-electron chi connectivity index (χ1n) is 7.31. The minimum absolute atomic E-state index is 0.0529. The fourth-order valence-corrected chi connectivity index (χ4v) is 2.93. The maximum absolute atomic E-state index is 13.9. The van der Waals surface area contributed by atoms with Gasteiger partial charge in [0, 0.05) is 18.7 Å². The second-order valence-corrected chi connectivity index (χ2v) is 5.47. The summed E-state index contributed by atoms with van der Waals surface area (Å²) in [6.07, 6.45) is 3.24.